The average molecular weight is 381 g/mol. The van der Waals surface area contributed by atoms with Crippen LogP contribution in [0.2, 0.25) is 0 Å². The van der Waals surface area contributed by atoms with Crippen molar-refractivity contribution < 1.29 is 15.0 Å². The first kappa shape index (κ1) is 16.4. The summed E-state index contributed by atoms with van der Waals surface area (Å²) in [6.07, 6.45) is 1.25. The van der Waals surface area contributed by atoms with Crippen molar-refractivity contribution in [3.05, 3.63) is 60.6 Å². The molecule has 0 amide bonds. The number of nitrogens with two attached hydrogens (primary N) is 1. The van der Waals surface area contributed by atoms with Crippen LogP contribution in [0.1, 0.15) is 5.56 Å². The van der Waals surface area contributed by atoms with E-state index in [4.69, 9.17) is 5.73 Å². The maximum atomic E-state index is 10.9. The predicted molar refractivity (Wildman–Crippen MR) is 87.2 cm³/mol. The molecule has 2 aromatic rings. The van der Waals surface area contributed by atoms with E-state index in [9.17, 15) is 25.3 Å². The Bertz CT molecular complexity index is 837. The lowest BCUT2D eigenvalue weighted by atomic mass is 10.2. The van der Waals surface area contributed by atoms with Crippen LogP contribution in [-0.4, -0.2) is 21.2 Å². The van der Waals surface area contributed by atoms with Gasteiger partial charge in [-0.05, 0) is 18.2 Å². The molecule has 23 heavy (non-hydrogen) atoms. The van der Waals surface area contributed by atoms with E-state index in [1.54, 1.807) is 12.1 Å². The molecule has 0 heterocycles. The van der Waals surface area contributed by atoms with Crippen molar-refractivity contribution >= 4 is 44.9 Å². The number of nitro benzene ring substituents is 2. The monoisotopic (exact) mass is 380 g/mol. The topological polar surface area (TPSA) is 145 Å². The summed E-state index contributed by atoms with van der Waals surface area (Å²) < 4.78 is 0.694. The van der Waals surface area contributed by atoms with E-state index in [0.717, 1.165) is 12.1 Å². The van der Waals surface area contributed by atoms with E-state index in [0.29, 0.717) is 10.0 Å². The van der Waals surface area contributed by atoms with Crippen molar-refractivity contribution in [1.29, 1.82) is 0 Å². The number of nitrogen functional groups attached to an aromatic ring is 1. The number of anilines is 1. The van der Waals surface area contributed by atoms with Crippen LogP contribution < -0.4 is 5.73 Å². The Morgan fingerprint density at radius 2 is 1.74 bits per heavy atom. The molecule has 0 atom stereocenters. The molecule has 2 aromatic carbocycles. The lowest BCUT2D eigenvalue weighted by molar-refractivity contribution is -0.422. The zero-order chi connectivity index (χ0) is 17.1. The van der Waals surface area contributed by atoms with Gasteiger partial charge in [0.15, 0.2) is 0 Å². The molecular formula is C13H9BrN4O5. The number of nitrogens with zero attached hydrogens (tertiary/aromatic N) is 3. The van der Waals surface area contributed by atoms with Gasteiger partial charge in [0.1, 0.15) is 5.75 Å². The van der Waals surface area contributed by atoms with Crippen LogP contribution in [0.5, 0.6) is 5.75 Å². The summed E-state index contributed by atoms with van der Waals surface area (Å²) in [5.41, 5.74) is 4.47. The van der Waals surface area contributed by atoms with Gasteiger partial charge in [0.05, 0.1) is 27.3 Å². The lowest BCUT2D eigenvalue weighted by Crippen LogP contribution is -1.98. The van der Waals surface area contributed by atoms with Crippen LogP contribution in [-0.2, 0) is 0 Å². The molecule has 2 rings (SSSR count). The second kappa shape index (κ2) is 6.40. The number of aliphatic imine (C=N–C) groups is 1. The van der Waals surface area contributed by atoms with Gasteiger partial charge in [-0.2, -0.15) is 0 Å². The van der Waals surface area contributed by atoms with Crippen LogP contribution >= 0.6 is 15.9 Å². The maximum absolute atomic E-state index is 10.9. The molecule has 10 heteroatoms. The van der Waals surface area contributed by atoms with Gasteiger partial charge in [0.25, 0.3) is 0 Å². The first-order chi connectivity index (χ1) is 10.8. The van der Waals surface area contributed by atoms with E-state index in [1.165, 1.54) is 12.3 Å². The first-order valence-corrected chi connectivity index (χ1v) is 6.83. The molecule has 118 valence electrons. The SMILES string of the molecule is Nc1cc([N+](=O)[O-])c([N+](=O)[O-])cc1N=Cc1cc(Br)ccc1O. The number of rotatable bonds is 4. The van der Waals surface area contributed by atoms with Gasteiger partial charge in [-0.3, -0.25) is 25.2 Å². The Labute approximate surface area is 137 Å². The van der Waals surface area contributed by atoms with E-state index in [2.05, 4.69) is 20.9 Å². The Morgan fingerprint density at radius 3 is 2.35 bits per heavy atom. The third-order valence-electron chi connectivity index (χ3n) is 2.85. The molecule has 0 aliphatic rings. The minimum absolute atomic E-state index is 0.0123. The Kier molecular flexibility index (Phi) is 4.55. The largest absolute Gasteiger partial charge is 0.507 e. The molecule has 0 radical (unpaired) electrons. The third kappa shape index (κ3) is 3.61. The molecule has 0 bridgehead atoms. The van der Waals surface area contributed by atoms with E-state index in [-0.39, 0.29) is 17.1 Å². The van der Waals surface area contributed by atoms with E-state index >= 15 is 0 Å². The van der Waals surface area contributed by atoms with Gasteiger partial charge in [-0.25, -0.2) is 0 Å². The summed E-state index contributed by atoms with van der Waals surface area (Å²) in [4.78, 5) is 23.9. The lowest BCUT2D eigenvalue weighted by Gasteiger charge is -2.02. The minimum Gasteiger partial charge on any atom is -0.507 e. The summed E-state index contributed by atoms with van der Waals surface area (Å²) in [7, 11) is 0. The van der Waals surface area contributed by atoms with Gasteiger partial charge in [-0.15, -0.1) is 0 Å². The van der Waals surface area contributed by atoms with Crippen LogP contribution in [0, 0.1) is 20.2 Å². The van der Waals surface area contributed by atoms with Crippen LogP contribution in [0.15, 0.2) is 39.8 Å². The Balaban J connectivity index is 2.50. The highest BCUT2D eigenvalue weighted by Gasteiger charge is 2.26. The molecular weight excluding hydrogens is 372 g/mol. The van der Waals surface area contributed by atoms with Crippen molar-refractivity contribution in [2.45, 2.75) is 0 Å². The summed E-state index contributed by atoms with van der Waals surface area (Å²) in [5, 5.41) is 31.4. The maximum Gasteiger partial charge on any atom is 0.348 e. The minimum atomic E-state index is -0.887. The highest BCUT2D eigenvalue weighted by atomic mass is 79.9. The number of hydrogen-bond donors (Lipinski definition) is 2. The highest BCUT2D eigenvalue weighted by Crippen LogP contribution is 2.36. The number of nitro groups is 2. The third-order valence-corrected chi connectivity index (χ3v) is 3.34. The molecule has 0 aromatic heterocycles. The Morgan fingerprint density at radius 1 is 1.13 bits per heavy atom. The number of phenolic OH excluding ortho intramolecular Hbond substituents is 1. The summed E-state index contributed by atoms with van der Waals surface area (Å²) >= 11 is 3.23. The normalized spacial score (nSPS) is 10.8. The first-order valence-electron chi connectivity index (χ1n) is 6.04. The molecule has 0 aliphatic heterocycles. The van der Waals surface area contributed by atoms with Gasteiger partial charge >= 0.3 is 11.4 Å². The van der Waals surface area contributed by atoms with Crippen LogP contribution in [0.25, 0.3) is 0 Å². The zero-order valence-corrected chi connectivity index (χ0v) is 12.9. The summed E-state index contributed by atoms with van der Waals surface area (Å²) in [6, 6.07) is 6.43. The second-order valence-electron chi connectivity index (χ2n) is 4.38. The summed E-state index contributed by atoms with van der Waals surface area (Å²) in [6.45, 7) is 0. The van der Waals surface area contributed by atoms with Crippen molar-refractivity contribution in [2.24, 2.45) is 4.99 Å². The fourth-order valence-corrected chi connectivity index (χ4v) is 2.13. The Hall–Kier alpha value is -3.01. The van der Waals surface area contributed by atoms with Gasteiger partial charge in [-0.1, -0.05) is 15.9 Å². The zero-order valence-electron chi connectivity index (χ0n) is 11.3. The molecule has 0 saturated carbocycles. The number of aromatic hydroxyl groups is 1. The fraction of sp³-hybridized carbons (Fsp3) is 0. The molecule has 9 nitrogen and oxygen atoms in total. The molecule has 0 spiro atoms. The quantitative estimate of drug-likeness (QED) is 0.360. The molecule has 0 fully saturated rings. The highest BCUT2D eigenvalue weighted by molar-refractivity contribution is 9.10. The molecule has 0 aliphatic carbocycles. The second-order valence-corrected chi connectivity index (χ2v) is 5.29. The van der Waals surface area contributed by atoms with Crippen LogP contribution in [0.4, 0.5) is 22.7 Å². The average Bonchev–Trinajstić information content (AvgIpc) is 2.48. The van der Waals surface area contributed by atoms with Crippen molar-refractivity contribution in [3.8, 4) is 5.75 Å². The van der Waals surface area contributed by atoms with Crippen molar-refractivity contribution in [1.82, 2.24) is 0 Å². The standard InChI is InChI=1S/C13H9BrN4O5/c14-8-1-2-13(19)7(3-8)6-16-10-5-12(18(22)23)11(17(20)21)4-9(10)15/h1-6,19H,15H2. The van der Waals surface area contributed by atoms with E-state index < -0.39 is 21.2 Å². The van der Waals surface area contributed by atoms with Crippen LogP contribution in [0.3, 0.4) is 0 Å². The number of phenols is 1. The predicted octanol–water partition coefficient (Wildman–Crippen LogP) is 3.30. The van der Waals surface area contributed by atoms with Gasteiger partial charge in [0.2, 0.25) is 0 Å². The van der Waals surface area contributed by atoms with Crippen molar-refractivity contribution in [3.63, 3.8) is 0 Å². The molecule has 0 saturated heterocycles. The van der Waals surface area contributed by atoms with Gasteiger partial charge in [0, 0.05) is 22.3 Å². The summed E-state index contributed by atoms with van der Waals surface area (Å²) in [5.74, 6) is -0.0491. The fourth-order valence-electron chi connectivity index (χ4n) is 1.75. The van der Waals surface area contributed by atoms with E-state index in [1.807, 2.05) is 0 Å². The number of hydrogen-bond acceptors (Lipinski definition) is 7. The van der Waals surface area contributed by atoms with Crippen molar-refractivity contribution in [2.75, 3.05) is 5.73 Å². The number of benzene rings is 2. The molecule has 3 N–H and O–H groups in total. The smallest absolute Gasteiger partial charge is 0.348 e. The molecule has 0 unspecified atom stereocenters. The number of halogens is 1. The van der Waals surface area contributed by atoms with Gasteiger partial charge < -0.3 is 10.8 Å².